The quantitative estimate of drug-likeness (QED) is 0.784. The summed E-state index contributed by atoms with van der Waals surface area (Å²) in [5.74, 6) is 1.10. The maximum Gasteiger partial charge on any atom is 0.141 e. The molecule has 3 heteroatoms. The van der Waals surface area contributed by atoms with Crippen LogP contribution in [0, 0.1) is 17.7 Å². The molecule has 100 valence electrons. The highest BCUT2D eigenvalue weighted by Crippen LogP contribution is 2.31. The summed E-state index contributed by atoms with van der Waals surface area (Å²) in [6, 6.07) is 5.08. The second kappa shape index (κ2) is 6.53. The smallest absolute Gasteiger partial charge is 0.141 e. The van der Waals surface area contributed by atoms with Crippen LogP contribution in [-0.2, 0) is 11.2 Å². The maximum absolute atomic E-state index is 13.1. The molecule has 0 aliphatic heterocycles. The number of benzene rings is 1. The lowest BCUT2D eigenvalue weighted by molar-refractivity contribution is 0.119. The van der Waals surface area contributed by atoms with Gasteiger partial charge >= 0.3 is 0 Å². The van der Waals surface area contributed by atoms with Gasteiger partial charge in [-0.3, -0.25) is 0 Å². The van der Waals surface area contributed by atoms with Gasteiger partial charge in [-0.05, 0) is 61.6 Å². The lowest BCUT2D eigenvalue weighted by Gasteiger charge is -2.28. The van der Waals surface area contributed by atoms with Crippen molar-refractivity contribution in [3.63, 3.8) is 0 Å². The normalized spacial score (nSPS) is 24.2. The van der Waals surface area contributed by atoms with E-state index in [0.29, 0.717) is 5.92 Å². The Labute approximate surface area is 113 Å². The van der Waals surface area contributed by atoms with Gasteiger partial charge in [0, 0.05) is 13.7 Å². The third kappa shape index (κ3) is 3.69. The average Bonchev–Trinajstić information content (AvgIpc) is 2.37. The van der Waals surface area contributed by atoms with Crippen molar-refractivity contribution in [1.29, 1.82) is 0 Å². The Bertz CT molecular complexity index is 386. The van der Waals surface area contributed by atoms with Gasteiger partial charge in [-0.1, -0.05) is 17.7 Å². The predicted octanol–water partition coefficient (Wildman–Crippen LogP) is 4.47. The summed E-state index contributed by atoms with van der Waals surface area (Å²) < 4.78 is 18.3. The molecule has 0 saturated heterocycles. The van der Waals surface area contributed by atoms with Crippen molar-refractivity contribution in [2.45, 2.75) is 32.1 Å². The zero-order valence-corrected chi connectivity index (χ0v) is 11.5. The Kier molecular flexibility index (Phi) is 5.02. The van der Waals surface area contributed by atoms with Gasteiger partial charge in [0.1, 0.15) is 5.82 Å². The molecule has 1 nitrogen and oxygen atoms in total. The number of rotatable bonds is 4. The summed E-state index contributed by atoms with van der Waals surface area (Å²) in [4.78, 5) is 0. The van der Waals surface area contributed by atoms with Crippen molar-refractivity contribution >= 4 is 11.6 Å². The fourth-order valence-corrected chi connectivity index (χ4v) is 3.04. The van der Waals surface area contributed by atoms with E-state index in [0.717, 1.165) is 24.5 Å². The molecule has 0 amide bonds. The van der Waals surface area contributed by atoms with E-state index in [4.69, 9.17) is 16.3 Å². The second-order valence-corrected chi connectivity index (χ2v) is 5.70. The molecule has 1 fully saturated rings. The molecule has 1 aliphatic carbocycles. The van der Waals surface area contributed by atoms with Gasteiger partial charge in [-0.25, -0.2) is 4.39 Å². The number of hydrogen-bond donors (Lipinski definition) is 0. The number of hydrogen-bond acceptors (Lipinski definition) is 1. The molecule has 1 aromatic carbocycles. The molecule has 2 rings (SSSR count). The highest BCUT2D eigenvalue weighted by atomic mass is 35.5. The van der Waals surface area contributed by atoms with Crippen LogP contribution < -0.4 is 0 Å². The minimum Gasteiger partial charge on any atom is -0.384 e. The number of halogens is 2. The molecule has 0 atom stereocenters. The van der Waals surface area contributed by atoms with Crippen molar-refractivity contribution in [2.75, 3.05) is 13.7 Å². The van der Waals surface area contributed by atoms with Gasteiger partial charge in [-0.15, -0.1) is 0 Å². The van der Waals surface area contributed by atoms with Gasteiger partial charge in [0.2, 0.25) is 0 Å². The Morgan fingerprint density at radius 2 is 1.89 bits per heavy atom. The van der Waals surface area contributed by atoms with E-state index in [2.05, 4.69) is 0 Å². The minimum absolute atomic E-state index is 0.237. The molecule has 1 saturated carbocycles. The molecular weight excluding hydrogens is 251 g/mol. The number of methoxy groups -OCH3 is 1. The SMILES string of the molecule is COCC1CCC(Cc2ccc(F)c(Cl)c2)CC1. The van der Waals surface area contributed by atoms with Crippen LogP contribution in [0.3, 0.4) is 0 Å². The first-order valence-electron chi connectivity index (χ1n) is 6.62. The first-order chi connectivity index (χ1) is 8.69. The molecule has 0 aromatic heterocycles. The third-order valence-electron chi connectivity index (χ3n) is 3.88. The first-order valence-corrected chi connectivity index (χ1v) is 6.99. The molecular formula is C15H20ClFO. The Hall–Kier alpha value is -0.600. The lowest BCUT2D eigenvalue weighted by Crippen LogP contribution is -2.19. The fraction of sp³-hybridized carbons (Fsp3) is 0.600. The van der Waals surface area contributed by atoms with Gasteiger partial charge in [-0.2, -0.15) is 0 Å². The summed E-state index contributed by atoms with van der Waals surface area (Å²) in [5, 5.41) is 0.237. The monoisotopic (exact) mass is 270 g/mol. The van der Waals surface area contributed by atoms with E-state index in [1.165, 1.54) is 31.7 Å². The Morgan fingerprint density at radius 3 is 2.50 bits per heavy atom. The van der Waals surface area contributed by atoms with E-state index < -0.39 is 0 Å². The predicted molar refractivity (Wildman–Crippen MR) is 72.4 cm³/mol. The molecule has 1 aromatic rings. The van der Waals surface area contributed by atoms with Crippen LogP contribution in [0.15, 0.2) is 18.2 Å². The molecule has 0 N–H and O–H groups in total. The van der Waals surface area contributed by atoms with Crippen molar-refractivity contribution in [2.24, 2.45) is 11.8 Å². The zero-order valence-electron chi connectivity index (χ0n) is 10.8. The third-order valence-corrected chi connectivity index (χ3v) is 4.17. The van der Waals surface area contributed by atoms with E-state index in [-0.39, 0.29) is 10.8 Å². The van der Waals surface area contributed by atoms with Gasteiger partial charge in [0.15, 0.2) is 0 Å². The average molecular weight is 271 g/mol. The van der Waals surface area contributed by atoms with E-state index in [1.54, 1.807) is 13.2 Å². The second-order valence-electron chi connectivity index (χ2n) is 5.29. The molecule has 0 bridgehead atoms. The van der Waals surface area contributed by atoms with Crippen LogP contribution in [-0.4, -0.2) is 13.7 Å². The Morgan fingerprint density at radius 1 is 1.22 bits per heavy atom. The number of ether oxygens (including phenoxy) is 1. The van der Waals surface area contributed by atoms with Gasteiger partial charge < -0.3 is 4.74 Å². The van der Waals surface area contributed by atoms with Crippen molar-refractivity contribution < 1.29 is 9.13 Å². The topological polar surface area (TPSA) is 9.23 Å². The molecule has 18 heavy (non-hydrogen) atoms. The highest BCUT2D eigenvalue weighted by molar-refractivity contribution is 6.30. The van der Waals surface area contributed by atoms with Gasteiger partial charge in [0.05, 0.1) is 5.02 Å². The van der Waals surface area contributed by atoms with Crippen molar-refractivity contribution in [1.82, 2.24) is 0 Å². The van der Waals surface area contributed by atoms with Gasteiger partial charge in [0.25, 0.3) is 0 Å². The van der Waals surface area contributed by atoms with E-state index >= 15 is 0 Å². The fourth-order valence-electron chi connectivity index (χ4n) is 2.84. The van der Waals surface area contributed by atoms with Crippen LogP contribution in [0.1, 0.15) is 31.2 Å². The molecule has 0 spiro atoms. The summed E-state index contributed by atoms with van der Waals surface area (Å²) in [7, 11) is 1.77. The standard InChI is InChI=1S/C15H20ClFO/c1-18-10-12-4-2-11(3-5-12)8-13-6-7-15(17)14(16)9-13/h6-7,9,11-12H,2-5,8,10H2,1H3. The van der Waals surface area contributed by atoms with Crippen LogP contribution in [0.25, 0.3) is 0 Å². The van der Waals surface area contributed by atoms with E-state index in [9.17, 15) is 4.39 Å². The molecule has 0 radical (unpaired) electrons. The molecule has 1 aliphatic rings. The summed E-state index contributed by atoms with van der Waals surface area (Å²) in [6.45, 7) is 0.884. The largest absolute Gasteiger partial charge is 0.384 e. The summed E-state index contributed by atoms with van der Waals surface area (Å²) in [6.07, 6.45) is 5.98. The van der Waals surface area contributed by atoms with Crippen molar-refractivity contribution in [3.8, 4) is 0 Å². The van der Waals surface area contributed by atoms with Crippen LogP contribution in [0.5, 0.6) is 0 Å². The highest BCUT2D eigenvalue weighted by Gasteiger charge is 2.21. The molecule has 0 unspecified atom stereocenters. The minimum atomic E-state index is -0.329. The lowest BCUT2D eigenvalue weighted by atomic mass is 9.79. The van der Waals surface area contributed by atoms with Crippen LogP contribution in [0.2, 0.25) is 5.02 Å². The van der Waals surface area contributed by atoms with E-state index in [1.807, 2.05) is 6.07 Å². The summed E-state index contributed by atoms with van der Waals surface area (Å²) in [5.41, 5.74) is 1.15. The first kappa shape index (κ1) is 13.8. The van der Waals surface area contributed by atoms with Crippen molar-refractivity contribution in [3.05, 3.63) is 34.6 Å². The zero-order chi connectivity index (χ0) is 13.0. The van der Waals surface area contributed by atoms with Crippen LogP contribution in [0.4, 0.5) is 4.39 Å². The summed E-state index contributed by atoms with van der Waals surface area (Å²) >= 11 is 5.80. The molecule has 0 heterocycles. The van der Waals surface area contributed by atoms with Crippen LogP contribution >= 0.6 is 11.6 Å². The Balaban J connectivity index is 1.85. The maximum atomic E-state index is 13.1.